The highest BCUT2D eigenvalue weighted by Gasteiger charge is 2.23. The molecule has 2 rings (SSSR count). The molecule has 0 heterocycles. The Labute approximate surface area is 81.9 Å². The van der Waals surface area contributed by atoms with Crippen molar-refractivity contribution < 1.29 is 8.78 Å². The van der Waals surface area contributed by atoms with Crippen LogP contribution in [0.1, 0.15) is 36.1 Å². The zero-order chi connectivity index (χ0) is 10.3. The van der Waals surface area contributed by atoms with Gasteiger partial charge in [-0.25, -0.2) is 8.78 Å². The number of halogens is 2. The number of hydrogen-bond acceptors (Lipinski definition) is 1. The van der Waals surface area contributed by atoms with Crippen LogP contribution in [-0.2, 0) is 12.8 Å². The molecule has 1 aliphatic rings. The van der Waals surface area contributed by atoms with Gasteiger partial charge in [0.15, 0.2) is 11.6 Å². The summed E-state index contributed by atoms with van der Waals surface area (Å²) in [5.74, 6) is -1.44. The Morgan fingerprint density at radius 2 is 1.93 bits per heavy atom. The highest BCUT2D eigenvalue weighted by atomic mass is 19.2. The molecule has 0 radical (unpaired) electrons. The maximum absolute atomic E-state index is 13.3. The summed E-state index contributed by atoms with van der Waals surface area (Å²) in [7, 11) is 0. The first-order valence-corrected chi connectivity index (χ1v) is 4.86. The van der Waals surface area contributed by atoms with Gasteiger partial charge in [-0.1, -0.05) is 0 Å². The Hall–Kier alpha value is -0.960. The fourth-order valence-corrected chi connectivity index (χ4v) is 2.14. The Bertz CT molecular complexity index is 372. The number of nitrogens with two attached hydrogens (primary N) is 1. The van der Waals surface area contributed by atoms with Gasteiger partial charge in [-0.2, -0.15) is 0 Å². The molecule has 1 aromatic carbocycles. The fraction of sp³-hybridized carbons (Fsp3) is 0.455. The third-order valence-electron chi connectivity index (χ3n) is 2.81. The molecule has 76 valence electrons. The molecular formula is C11H13F2N. The Balaban J connectivity index is 2.64. The van der Waals surface area contributed by atoms with Gasteiger partial charge < -0.3 is 5.73 Å². The minimum Gasteiger partial charge on any atom is -0.324 e. The first-order chi connectivity index (χ1) is 6.61. The molecule has 0 fully saturated rings. The van der Waals surface area contributed by atoms with Gasteiger partial charge in [0.2, 0.25) is 0 Å². The molecule has 1 nitrogen and oxygen atoms in total. The average molecular weight is 197 g/mol. The summed E-state index contributed by atoms with van der Waals surface area (Å²) in [6.45, 7) is 1.80. The van der Waals surface area contributed by atoms with E-state index in [2.05, 4.69) is 0 Å². The molecule has 0 aliphatic heterocycles. The van der Waals surface area contributed by atoms with E-state index in [0.29, 0.717) is 12.0 Å². The standard InChI is InChI=1S/C11H13F2N/c1-6(14)9-5-10(12)11(13)8-4-2-3-7(8)9/h5-6H,2-4,14H2,1H3. The van der Waals surface area contributed by atoms with Gasteiger partial charge in [-0.3, -0.25) is 0 Å². The van der Waals surface area contributed by atoms with Crippen LogP contribution in [0.3, 0.4) is 0 Å². The van der Waals surface area contributed by atoms with E-state index in [9.17, 15) is 8.78 Å². The van der Waals surface area contributed by atoms with Gasteiger partial charge in [0, 0.05) is 6.04 Å². The predicted octanol–water partition coefficient (Wildman–Crippen LogP) is 2.47. The van der Waals surface area contributed by atoms with Gasteiger partial charge in [0.25, 0.3) is 0 Å². The number of rotatable bonds is 1. The van der Waals surface area contributed by atoms with Crippen LogP contribution in [0.5, 0.6) is 0 Å². The highest BCUT2D eigenvalue weighted by Crippen LogP contribution is 2.31. The van der Waals surface area contributed by atoms with Gasteiger partial charge in [0.1, 0.15) is 0 Å². The monoisotopic (exact) mass is 197 g/mol. The van der Waals surface area contributed by atoms with E-state index in [1.54, 1.807) is 6.92 Å². The molecule has 1 unspecified atom stereocenters. The van der Waals surface area contributed by atoms with Crippen LogP contribution < -0.4 is 5.73 Å². The first-order valence-electron chi connectivity index (χ1n) is 4.86. The van der Waals surface area contributed by atoms with Crippen LogP contribution in [0.25, 0.3) is 0 Å². The molecule has 1 atom stereocenters. The summed E-state index contributed by atoms with van der Waals surface area (Å²) in [6.07, 6.45) is 2.36. The van der Waals surface area contributed by atoms with Crippen molar-refractivity contribution in [3.05, 3.63) is 34.4 Å². The smallest absolute Gasteiger partial charge is 0.162 e. The lowest BCUT2D eigenvalue weighted by atomic mass is 9.98. The van der Waals surface area contributed by atoms with Gasteiger partial charge in [-0.05, 0) is 48.9 Å². The van der Waals surface area contributed by atoms with Crippen LogP contribution >= 0.6 is 0 Å². The van der Waals surface area contributed by atoms with Crippen molar-refractivity contribution >= 4 is 0 Å². The van der Waals surface area contributed by atoms with E-state index < -0.39 is 11.6 Å². The summed E-state index contributed by atoms with van der Waals surface area (Å²) >= 11 is 0. The van der Waals surface area contributed by atoms with E-state index in [1.165, 1.54) is 6.07 Å². The molecule has 0 aromatic heterocycles. The summed E-state index contributed by atoms with van der Waals surface area (Å²) < 4.78 is 26.5. The Morgan fingerprint density at radius 1 is 1.29 bits per heavy atom. The molecule has 14 heavy (non-hydrogen) atoms. The van der Waals surface area contributed by atoms with Crippen molar-refractivity contribution in [1.82, 2.24) is 0 Å². The van der Waals surface area contributed by atoms with E-state index in [4.69, 9.17) is 5.73 Å². The minimum atomic E-state index is -0.766. The van der Waals surface area contributed by atoms with Crippen LogP contribution in [-0.4, -0.2) is 0 Å². The molecule has 3 heteroatoms. The maximum Gasteiger partial charge on any atom is 0.162 e. The second-order valence-corrected chi connectivity index (χ2v) is 3.86. The summed E-state index contributed by atoms with van der Waals surface area (Å²) in [5.41, 5.74) is 7.95. The Kier molecular flexibility index (Phi) is 2.27. The second kappa shape index (κ2) is 3.31. The highest BCUT2D eigenvalue weighted by molar-refractivity contribution is 5.41. The molecule has 1 aromatic rings. The van der Waals surface area contributed by atoms with Crippen LogP contribution in [0, 0.1) is 11.6 Å². The van der Waals surface area contributed by atoms with Crippen LogP contribution in [0.15, 0.2) is 6.07 Å². The van der Waals surface area contributed by atoms with E-state index in [-0.39, 0.29) is 6.04 Å². The second-order valence-electron chi connectivity index (χ2n) is 3.86. The van der Waals surface area contributed by atoms with Crippen molar-refractivity contribution in [2.45, 2.75) is 32.2 Å². The Morgan fingerprint density at radius 3 is 2.57 bits per heavy atom. The molecule has 1 aliphatic carbocycles. The summed E-state index contributed by atoms with van der Waals surface area (Å²) in [4.78, 5) is 0. The zero-order valence-corrected chi connectivity index (χ0v) is 8.11. The maximum atomic E-state index is 13.3. The molecule has 0 spiro atoms. The van der Waals surface area contributed by atoms with Crippen molar-refractivity contribution in [1.29, 1.82) is 0 Å². The van der Waals surface area contributed by atoms with Crippen molar-refractivity contribution in [2.75, 3.05) is 0 Å². The van der Waals surface area contributed by atoms with Crippen molar-refractivity contribution in [3.8, 4) is 0 Å². The molecule has 2 N–H and O–H groups in total. The van der Waals surface area contributed by atoms with E-state index in [1.807, 2.05) is 0 Å². The third kappa shape index (κ3) is 1.32. The average Bonchev–Trinajstić information content (AvgIpc) is 2.59. The van der Waals surface area contributed by atoms with Crippen LogP contribution in [0.2, 0.25) is 0 Å². The van der Waals surface area contributed by atoms with E-state index >= 15 is 0 Å². The van der Waals surface area contributed by atoms with Crippen molar-refractivity contribution in [3.63, 3.8) is 0 Å². The normalized spacial score (nSPS) is 16.9. The molecular weight excluding hydrogens is 184 g/mol. The number of fused-ring (bicyclic) bond motifs is 1. The molecule has 0 bridgehead atoms. The van der Waals surface area contributed by atoms with Gasteiger partial charge in [-0.15, -0.1) is 0 Å². The van der Waals surface area contributed by atoms with Crippen molar-refractivity contribution in [2.24, 2.45) is 5.73 Å². The zero-order valence-electron chi connectivity index (χ0n) is 8.11. The number of hydrogen-bond donors (Lipinski definition) is 1. The summed E-state index contributed by atoms with van der Waals surface area (Å²) in [6, 6.07) is 1.02. The van der Waals surface area contributed by atoms with Gasteiger partial charge in [0.05, 0.1) is 0 Å². The topological polar surface area (TPSA) is 26.0 Å². The molecule has 0 amide bonds. The fourth-order valence-electron chi connectivity index (χ4n) is 2.14. The quantitative estimate of drug-likeness (QED) is 0.735. The van der Waals surface area contributed by atoms with Crippen LogP contribution in [0.4, 0.5) is 8.78 Å². The lowest BCUT2D eigenvalue weighted by Crippen LogP contribution is -2.10. The van der Waals surface area contributed by atoms with Gasteiger partial charge >= 0.3 is 0 Å². The largest absolute Gasteiger partial charge is 0.324 e. The third-order valence-corrected chi connectivity index (χ3v) is 2.81. The molecule has 0 saturated heterocycles. The minimum absolute atomic E-state index is 0.225. The predicted molar refractivity (Wildman–Crippen MR) is 51.0 cm³/mol. The summed E-state index contributed by atoms with van der Waals surface area (Å²) in [5, 5.41) is 0. The lowest BCUT2D eigenvalue weighted by molar-refractivity contribution is 0.497. The first kappa shape index (κ1) is 9.59. The molecule has 0 saturated carbocycles. The van der Waals surface area contributed by atoms with E-state index in [0.717, 1.165) is 24.0 Å². The SMILES string of the molecule is CC(N)c1cc(F)c(F)c2c1CCC2. The number of benzene rings is 1. The lowest BCUT2D eigenvalue weighted by Gasteiger charge is -2.13.